The molecule has 0 unspecified atom stereocenters. The lowest BCUT2D eigenvalue weighted by Gasteiger charge is -2.40. The summed E-state index contributed by atoms with van der Waals surface area (Å²) in [6.07, 6.45) is 10.5. The van der Waals surface area contributed by atoms with Crippen LogP contribution in [-0.4, -0.2) is 110 Å². The summed E-state index contributed by atoms with van der Waals surface area (Å²) in [7, 11) is 0. The van der Waals surface area contributed by atoms with Crippen LogP contribution in [0.5, 0.6) is 11.5 Å². The fourth-order valence-electron chi connectivity index (χ4n) is 10.1. The summed E-state index contributed by atoms with van der Waals surface area (Å²) >= 11 is 3.22. The molecule has 0 bridgehead atoms. The molecule has 5 aromatic rings. The van der Waals surface area contributed by atoms with Crippen molar-refractivity contribution in [2.45, 2.75) is 51.4 Å². The Balaban J connectivity index is 0.000000163. The van der Waals surface area contributed by atoms with Gasteiger partial charge in [0.25, 0.3) is 5.91 Å². The Morgan fingerprint density at radius 1 is 0.644 bits per heavy atom. The maximum absolute atomic E-state index is 12.8. The van der Waals surface area contributed by atoms with E-state index < -0.39 is 0 Å². The molecule has 11 nitrogen and oxygen atoms in total. The predicted molar refractivity (Wildman–Crippen MR) is 241 cm³/mol. The standard InChI is InChI=1S/C27H32N4O3S.C19H28N4S/c32-27(19-9-10-23-24(15-19)34-18-33-23)28-16-20-5-1-2-6-21(20)17-30-11-13-31(14-12-30)26-22-7-3-4-8-25(22)35-29-26;20-13-15-5-1-2-6-16(15)14-22-9-11-23(12-10-22)19-17-7-3-4-8-18(17)24-21-19/h3-4,7-10,15,20-21H,1-2,5-6,11-14,16-18H2,(H,28,32);3-4,7-8,15-16H,1-2,5-6,9-14,20H2/t20-,21-;15-,16-/m00/s1. The first kappa shape index (κ1) is 40.4. The number of anilines is 2. The number of aromatic nitrogens is 2. The molecule has 1 amide bonds. The van der Waals surface area contributed by atoms with Gasteiger partial charge in [-0.05, 0) is 121 Å². The van der Waals surface area contributed by atoms with E-state index in [4.69, 9.17) is 24.0 Å². The second-order valence-electron chi connectivity index (χ2n) is 17.2. The number of ether oxygens (including phenoxy) is 2. The van der Waals surface area contributed by atoms with Gasteiger partial charge in [-0.3, -0.25) is 14.6 Å². The quantitative estimate of drug-likeness (QED) is 0.146. The molecular formula is C46H60N8O3S2. The predicted octanol–water partition coefficient (Wildman–Crippen LogP) is 7.57. The molecule has 0 radical (unpaired) electrons. The Bertz CT molecular complexity index is 2140. The van der Waals surface area contributed by atoms with Gasteiger partial charge in [0.05, 0.1) is 9.40 Å². The van der Waals surface area contributed by atoms with Gasteiger partial charge in [-0.2, -0.15) is 8.75 Å². The van der Waals surface area contributed by atoms with Crippen LogP contribution in [0.4, 0.5) is 11.6 Å². The van der Waals surface area contributed by atoms with Gasteiger partial charge >= 0.3 is 0 Å². The molecule has 3 aliphatic heterocycles. The van der Waals surface area contributed by atoms with Crippen molar-refractivity contribution in [3.63, 3.8) is 0 Å². The molecule has 3 aromatic carbocycles. The molecule has 314 valence electrons. The highest BCUT2D eigenvalue weighted by Crippen LogP contribution is 2.35. The zero-order chi connectivity index (χ0) is 40.0. The number of carbonyl (C=O) groups excluding carboxylic acids is 1. The van der Waals surface area contributed by atoms with Gasteiger partial charge in [0.1, 0.15) is 11.6 Å². The Morgan fingerprint density at radius 3 is 1.73 bits per heavy atom. The maximum atomic E-state index is 12.8. The van der Waals surface area contributed by atoms with Crippen LogP contribution in [0.3, 0.4) is 0 Å². The lowest BCUT2D eigenvalue weighted by Crippen LogP contribution is -2.49. The third-order valence-corrected chi connectivity index (χ3v) is 15.3. The van der Waals surface area contributed by atoms with Gasteiger partial charge in [0.15, 0.2) is 11.5 Å². The zero-order valence-electron chi connectivity index (χ0n) is 34.3. The number of nitrogens with zero attached hydrogens (tertiary/aromatic N) is 6. The number of benzene rings is 3. The van der Waals surface area contributed by atoms with Crippen LogP contribution in [0.1, 0.15) is 61.7 Å². The molecule has 0 spiro atoms. The summed E-state index contributed by atoms with van der Waals surface area (Å²) in [5.74, 6) is 6.38. The van der Waals surface area contributed by atoms with Gasteiger partial charge in [0, 0.05) is 88.3 Å². The summed E-state index contributed by atoms with van der Waals surface area (Å²) < 4.78 is 22.8. The lowest BCUT2D eigenvalue weighted by atomic mass is 9.78. The van der Waals surface area contributed by atoms with Crippen molar-refractivity contribution in [1.82, 2.24) is 23.9 Å². The van der Waals surface area contributed by atoms with Crippen molar-refractivity contribution in [1.29, 1.82) is 0 Å². The molecule has 5 heterocycles. The molecule has 10 rings (SSSR count). The second kappa shape index (κ2) is 19.1. The first-order valence-corrected chi connectivity index (χ1v) is 23.7. The molecule has 3 N–H and O–H groups in total. The van der Waals surface area contributed by atoms with E-state index in [1.165, 1.54) is 83.9 Å². The van der Waals surface area contributed by atoms with Crippen LogP contribution < -0.4 is 30.3 Å². The van der Waals surface area contributed by atoms with E-state index >= 15 is 0 Å². The molecule has 2 aromatic heterocycles. The van der Waals surface area contributed by atoms with Crippen LogP contribution >= 0.6 is 23.1 Å². The van der Waals surface area contributed by atoms with Crippen molar-refractivity contribution in [2.24, 2.45) is 29.4 Å². The average molecular weight is 837 g/mol. The topological polar surface area (TPSA) is 112 Å². The van der Waals surface area contributed by atoms with Crippen LogP contribution in [-0.2, 0) is 0 Å². The Labute approximate surface area is 357 Å². The van der Waals surface area contributed by atoms with Gasteiger partial charge in [0.2, 0.25) is 6.79 Å². The molecule has 2 aliphatic carbocycles. The van der Waals surface area contributed by atoms with E-state index in [-0.39, 0.29) is 12.7 Å². The van der Waals surface area contributed by atoms with Crippen molar-refractivity contribution >= 4 is 60.8 Å². The van der Waals surface area contributed by atoms with E-state index in [2.05, 4.69) is 73.4 Å². The number of nitrogens with two attached hydrogens (primary N) is 1. The molecule has 2 saturated heterocycles. The number of hydrogen-bond donors (Lipinski definition) is 2. The van der Waals surface area contributed by atoms with Crippen molar-refractivity contribution < 1.29 is 14.3 Å². The second-order valence-corrected chi connectivity index (χ2v) is 18.8. The maximum Gasteiger partial charge on any atom is 0.251 e. The SMILES string of the molecule is NC[C@@H]1CCCC[C@H]1CN1CCN(c2nsc3ccccc23)CC1.O=C(NC[C@@H]1CCCC[C@H]1CN1CCN(c2nsc3ccccc23)CC1)c1ccc2c(c1)OCO2. The monoisotopic (exact) mass is 836 g/mol. The lowest BCUT2D eigenvalue weighted by molar-refractivity contribution is 0.0919. The number of carbonyl (C=O) groups is 1. The molecule has 5 aliphatic rings. The minimum absolute atomic E-state index is 0.0308. The van der Waals surface area contributed by atoms with Crippen LogP contribution in [0.2, 0.25) is 0 Å². The summed E-state index contributed by atoms with van der Waals surface area (Å²) in [5.41, 5.74) is 6.64. The third-order valence-electron chi connectivity index (χ3n) is 13.6. The fourth-order valence-corrected chi connectivity index (χ4v) is 11.7. The fraction of sp³-hybridized carbons (Fsp3) is 0.543. The third kappa shape index (κ3) is 9.49. The first-order chi connectivity index (χ1) is 29.1. The van der Waals surface area contributed by atoms with E-state index in [0.717, 1.165) is 89.6 Å². The molecule has 2 saturated carbocycles. The number of hydrogen-bond acceptors (Lipinski definition) is 12. The Kier molecular flexibility index (Phi) is 13.1. The van der Waals surface area contributed by atoms with Crippen LogP contribution in [0, 0.1) is 23.7 Å². The van der Waals surface area contributed by atoms with Crippen molar-refractivity contribution in [3.8, 4) is 11.5 Å². The number of fused-ring (bicyclic) bond motifs is 3. The Morgan fingerprint density at radius 2 is 1.15 bits per heavy atom. The van der Waals surface area contributed by atoms with E-state index in [9.17, 15) is 4.79 Å². The van der Waals surface area contributed by atoms with Gasteiger partial charge in [-0.25, -0.2) is 0 Å². The number of amides is 1. The van der Waals surface area contributed by atoms with Gasteiger partial charge in [-0.15, -0.1) is 0 Å². The summed E-state index contributed by atoms with van der Waals surface area (Å²) in [6, 6.07) is 22.5. The molecule has 4 atom stereocenters. The van der Waals surface area contributed by atoms with E-state index in [1.807, 2.05) is 12.1 Å². The molecule has 4 fully saturated rings. The first-order valence-electron chi connectivity index (χ1n) is 22.1. The normalized spacial score (nSPS) is 23.9. The molecular weight excluding hydrogens is 777 g/mol. The van der Waals surface area contributed by atoms with Crippen molar-refractivity contribution in [2.75, 3.05) is 95.1 Å². The highest BCUT2D eigenvalue weighted by Gasteiger charge is 2.31. The van der Waals surface area contributed by atoms with Crippen LogP contribution in [0.15, 0.2) is 66.7 Å². The number of piperazine rings is 2. The largest absolute Gasteiger partial charge is 0.454 e. The minimum Gasteiger partial charge on any atom is -0.454 e. The van der Waals surface area contributed by atoms with E-state index in [1.54, 1.807) is 29.1 Å². The minimum atomic E-state index is -0.0308. The smallest absolute Gasteiger partial charge is 0.251 e. The highest BCUT2D eigenvalue weighted by atomic mass is 32.1. The average Bonchev–Trinajstić information content (AvgIpc) is 4.06. The van der Waals surface area contributed by atoms with Crippen LogP contribution in [0.25, 0.3) is 20.2 Å². The van der Waals surface area contributed by atoms with Crippen molar-refractivity contribution in [3.05, 3.63) is 72.3 Å². The highest BCUT2D eigenvalue weighted by molar-refractivity contribution is 7.14. The van der Waals surface area contributed by atoms with Gasteiger partial charge in [-0.1, -0.05) is 49.9 Å². The van der Waals surface area contributed by atoms with E-state index in [0.29, 0.717) is 28.9 Å². The summed E-state index contributed by atoms with van der Waals surface area (Å²) in [6.45, 7) is 12.9. The Hall–Kier alpha value is -4.01. The summed E-state index contributed by atoms with van der Waals surface area (Å²) in [5, 5.41) is 5.79. The zero-order valence-corrected chi connectivity index (χ0v) is 35.9. The molecule has 13 heteroatoms. The summed E-state index contributed by atoms with van der Waals surface area (Å²) in [4.78, 5) is 23.0. The van der Waals surface area contributed by atoms with Gasteiger partial charge < -0.3 is 30.3 Å². The number of nitrogens with one attached hydrogen (secondary N) is 1. The molecule has 59 heavy (non-hydrogen) atoms. The number of rotatable bonds is 10.